The molecule has 0 aromatic heterocycles. The van der Waals surface area contributed by atoms with Gasteiger partial charge in [-0.25, -0.2) is 10.5 Å². The van der Waals surface area contributed by atoms with Gasteiger partial charge in [-0.15, -0.1) is 0 Å². The fourth-order valence-corrected chi connectivity index (χ4v) is 0.705. The molecule has 59 valence electrons. The first-order chi connectivity index (χ1) is 5.72. The molecule has 1 amide bonds. The molecule has 4 nitrogen and oxygen atoms in total. The third kappa shape index (κ3) is 1.99. The van der Waals surface area contributed by atoms with E-state index in [1.54, 1.807) is 0 Å². The molecule has 0 saturated heterocycles. The Kier molecular flexibility index (Phi) is 2.29. The van der Waals surface area contributed by atoms with Crippen LogP contribution in [0.5, 0.6) is 5.75 Å². The lowest BCUT2D eigenvalue weighted by Gasteiger charge is -1.97. The number of amides is 1. The first kappa shape index (κ1) is 8.08. The second-order valence-corrected chi connectivity index (χ2v) is 2.03. The number of benzene rings is 1. The highest BCUT2D eigenvalue weighted by molar-refractivity contribution is 5.67. The maximum Gasteiger partial charge on any atom is 0.431 e. The quantitative estimate of drug-likeness (QED) is 0.623. The zero-order chi connectivity index (χ0) is 8.97. The highest BCUT2D eigenvalue weighted by Gasteiger charge is 1.98. The van der Waals surface area contributed by atoms with Crippen molar-refractivity contribution in [2.75, 3.05) is 0 Å². The SMILES string of the molecule is N#Cc1ccc(OC([NH])=O)cc1. The minimum Gasteiger partial charge on any atom is -0.409 e. The molecule has 0 aliphatic rings. The molecule has 0 aliphatic carbocycles. The van der Waals surface area contributed by atoms with Crippen LogP contribution in [0.3, 0.4) is 0 Å². The Morgan fingerprint density at radius 1 is 1.42 bits per heavy atom. The first-order valence-corrected chi connectivity index (χ1v) is 3.16. The van der Waals surface area contributed by atoms with Crippen LogP contribution >= 0.6 is 0 Å². The van der Waals surface area contributed by atoms with Crippen LogP contribution in [0.4, 0.5) is 4.79 Å². The van der Waals surface area contributed by atoms with E-state index in [1.165, 1.54) is 24.3 Å². The number of hydrogen-bond donors (Lipinski definition) is 0. The smallest absolute Gasteiger partial charge is 0.409 e. The lowest BCUT2D eigenvalue weighted by Crippen LogP contribution is -2.04. The fourth-order valence-electron chi connectivity index (χ4n) is 0.705. The predicted molar refractivity (Wildman–Crippen MR) is 40.3 cm³/mol. The molecule has 1 radical (unpaired) electrons. The summed E-state index contributed by atoms with van der Waals surface area (Å²) in [6.07, 6.45) is -1.11. The summed E-state index contributed by atoms with van der Waals surface area (Å²) in [5.41, 5.74) is 6.97. The van der Waals surface area contributed by atoms with Crippen LogP contribution in [0.2, 0.25) is 0 Å². The third-order valence-corrected chi connectivity index (χ3v) is 1.19. The summed E-state index contributed by atoms with van der Waals surface area (Å²) >= 11 is 0. The zero-order valence-electron chi connectivity index (χ0n) is 6.07. The van der Waals surface area contributed by atoms with E-state index in [2.05, 4.69) is 4.74 Å². The van der Waals surface area contributed by atoms with Gasteiger partial charge in [-0.05, 0) is 24.3 Å². The van der Waals surface area contributed by atoms with Crippen molar-refractivity contribution in [3.05, 3.63) is 29.8 Å². The van der Waals surface area contributed by atoms with Crippen molar-refractivity contribution in [2.24, 2.45) is 0 Å². The Balaban J connectivity index is 2.80. The van der Waals surface area contributed by atoms with Gasteiger partial charge in [0.1, 0.15) is 5.75 Å². The molecule has 12 heavy (non-hydrogen) atoms. The summed E-state index contributed by atoms with van der Waals surface area (Å²) in [5.74, 6) is 0.272. The number of carbonyl (C=O) groups is 1. The van der Waals surface area contributed by atoms with Gasteiger partial charge in [-0.2, -0.15) is 5.26 Å². The summed E-state index contributed by atoms with van der Waals surface area (Å²) < 4.78 is 4.43. The van der Waals surface area contributed by atoms with E-state index in [4.69, 9.17) is 11.0 Å². The van der Waals surface area contributed by atoms with Gasteiger partial charge in [0.15, 0.2) is 0 Å². The van der Waals surface area contributed by atoms with Crippen molar-refractivity contribution < 1.29 is 9.53 Å². The largest absolute Gasteiger partial charge is 0.431 e. The maximum absolute atomic E-state index is 10.1. The van der Waals surface area contributed by atoms with E-state index in [-0.39, 0.29) is 5.75 Å². The van der Waals surface area contributed by atoms with Gasteiger partial charge in [-0.1, -0.05) is 0 Å². The monoisotopic (exact) mass is 161 g/mol. The number of nitrogens with one attached hydrogen (secondary N) is 1. The number of hydrogen-bond acceptors (Lipinski definition) is 3. The standard InChI is InChI=1S/C8H5N2O2/c9-5-6-1-3-7(4-2-6)12-8(10)11/h1-4,10H. The minimum atomic E-state index is -1.11. The minimum absolute atomic E-state index is 0.272. The van der Waals surface area contributed by atoms with Crippen molar-refractivity contribution in [3.63, 3.8) is 0 Å². The molecule has 0 spiro atoms. The topological polar surface area (TPSA) is 73.9 Å². The van der Waals surface area contributed by atoms with Gasteiger partial charge >= 0.3 is 6.09 Å². The number of carbonyl (C=O) groups excluding carboxylic acids is 1. The average Bonchev–Trinajstić information content (AvgIpc) is 2.05. The van der Waals surface area contributed by atoms with E-state index in [9.17, 15) is 4.79 Å². The Bertz CT molecular complexity index is 324. The molecule has 0 fully saturated rings. The van der Waals surface area contributed by atoms with E-state index >= 15 is 0 Å². The molecule has 0 heterocycles. The average molecular weight is 161 g/mol. The highest BCUT2D eigenvalue weighted by Crippen LogP contribution is 2.11. The molecule has 4 heteroatoms. The van der Waals surface area contributed by atoms with Crippen LogP contribution in [0, 0.1) is 11.3 Å². The van der Waals surface area contributed by atoms with Gasteiger partial charge in [-0.3, -0.25) is 0 Å². The maximum atomic E-state index is 10.1. The number of nitrogens with zero attached hydrogens (tertiary/aromatic N) is 1. The van der Waals surface area contributed by atoms with Crippen molar-refractivity contribution in [2.45, 2.75) is 0 Å². The second-order valence-electron chi connectivity index (χ2n) is 2.03. The number of rotatable bonds is 1. The lowest BCUT2D eigenvalue weighted by molar-refractivity contribution is 0.209. The molecule has 1 aromatic carbocycles. The van der Waals surface area contributed by atoms with Crippen LogP contribution in [-0.4, -0.2) is 6.09 Å². The summed E-state index contributed by atoms with van der Waals surface area (Å²) in [6.45, 7) is 0. The van der Waals surface area contributed by atoms with E-state index in [0.29, 0.717) is 5.56 Å². The summed E-state index contributed by atoms with van der Waals surface area (Å²) in [5, 5.41) is 8.42. The Labute approximate surface area is 69.2 Å². The van der Waals surface area contributed by atoms with Gasteiger partial charge in [0.2, 0.25) is 0 Å². The van der Waals surface area contributed by atoms with E-state index in [0.717, 1.165) is 0 Å². The fraction of sp³-hybridized carbons (Fsp3) is 0. The number of nitriles is 1. The van der Waals surface area contributed by atoms with Gasteiger partial charge in [0, 0.05) is 0 Å². The molecule has 0 bridgehead atoms. The van der Waals surface area contributed by atoms with Gasteiger partial charge < -0.3 is 4.74 Å². The molecule has 1 aromatic rings. The van der Waals surface area contributed by atoms with Crippen LogP contribution < -0.4 is 10.5 Å². The van der Waals surface area contributed by atoms with Crippen LogP contribution in [-0.2, 0) is 0 Å². The van der Waals surface area contributed by atoms with Crippen molar-refractivity contribution >= 4 is 6.09 Å². The van der Waals surface area contributed by atoms with Crippen LogP contribution in [0.1, 0.15) is 5.56 Å². The zero-order valence-corrected chi connectivity index (χ0v) is 6.07. The molecule has 0 aliphatic heterocycles. The Hall–Kier alpha value is -2.02. The van der Waals surface area contributed by atoms with E-state index in [1.807, 2.05) is 6.07 Å². The summed E-state index contributed by atoms with van der Waals surface area (Å²) in [6, 6.07) is 7.87. The summed E-state index contributed by atoms with van der Waals surface area (Å²) in [7, 11) is 0. The highest BCUT2D eigenvalue weighted by atomic mass is 16.5. The first-order valence-electron chi connectivity index (χ1n) is 3.16. The van der Waals surface area contributed by atoms with Crippen LogP contribution in [0.25, 0.3) is 0 Å². The van der Waals surface area contributed by atoms with Gasteiger partial charge in [0.05, 0.1) is 11.6 Å². The predicted octanol–water partition coefficient (Wildman–Crippen LogP) is 1.34. The van der Waals surface area contributed by atoms with Gasteiger partial charge in [0.25, 0.3) is 0 Å². The van der Waals surface area contributed by atoms with Crippen LogP contribution in [0.15, 0.2) is 24.3 Å². The molecule has 0 saturated carbocycles. The lowest BCUT2D eigenvalue weighted by atomic mass is 10.2. The third-order valence-electron chi connectivity index (χ3n) is 1.19. The van der Waals surface area contributed by atoms with Crippen molar-refractivity contribution in [1.29, 1.82) is 5.26 Å². The molecule has 0 unspecified atom stereocenters. The number of ether oxygens (including phenoxy) is 1. The molecule has 1 N–H and O–H groups in total. The second kappa shape index (κ2) is 3.39. The molecule has 1 rings (SSSR count). The van der Waals surface area contributed by atoms with Crippen molar-refractivity contribution in [1.82, 2.24) is 5.73 Å². The molecular formula is C8H5N2O2. The Morgan fingerprint density at radius 2 is 2.00 bits per heavy atom. The summed E-state index contributed by atoms with van der Waals surface area (Å²) in [4.78, 5) is 10.1. The molecule has 0 atom stereocenters. The Morgan fingerprint density at radius 3 is 2.42 bits per heavy atom. The molecular weight excluding hydrogens is 156 g/mol. The normalized spacial score (nSPS) is 8.58. The van der Waals surface area contributed by atoms with E-state index < -0.39 is 6.09 Å². The van der Waals surface area contributed by atoms with Crippen molar-refractivity contribution in [3.8, 4) is 11.8 Å².